The molecule has 1 aliphatic rings. The van der Waals surface area contributed by atoms with Gasteiger partial charge in [-0.05, 0) is 41.1 Å². The first-order valence-corrected chi connectivity index (χ1v) is 9.22. The van der Waals surface area contributed by atoms with Crippen LogP contribution in [0.4, 0.5) is 5.69 Å². The third-order valence-electron chi connectivity index (χ3n) is 4.56. The molecule has 1 aliphatic heterocycles. The van der Waals surface area contributed by atoms with Crippen LogP contribution in [0.25, 0.3) is 21.9 Å². The molecule has 0 aliphatic carbocycles. The molecular formula is C23H14BrNO. The van der Waals surface area contributed by atoms with Crippen LogP contribution >= 0.6 is 15.9 Å². The molecule has 0 saturated heterocycles. The van der Waals surface area contributed by atoms with Crippen molar-refractivity contribution in [3.05, 3.63) is 95.0 Å². The van der Waals surface area contributed by atoms with Gasteiger partial charge in [-0.2, -0.15) is 0 Å². The van der Waals surface area contributed by atoms with E-state index in [0.29, 0.717) is 5.90 Å². The molecule has 0 amide bonds. The largest absolute Gasteiger partial charge is 0.438 e. The number of hydrogen-bond donors (Lipinski definition) is 0. The van der Waals surface area contributed by atoms with Gasteiger partial charge < -0.3 is 4.74 Å². The fourth-order valence-electron chi connectivity index (χ4n) is 3.38. The summed E-state index contributed by atoms with van der Waals surface area (Å²) >= 11 is 3.53. The number of benzene rings is 4. The number of hydrogen-bond acceptors (Lipinski definition) is 2. The van der Waals surface area contributed by atoms with Gasteiger partial charge in [0.2, 0.25) is 5.90 Å². The Hall–Kier alpha value is -2.91. The number of nitrogens with zero attached hydrogens (tertiary/aromatic N) is 1. The molecule has 0 bridgehead atoms. The van der Waals surface area contributed by atoms with E-state index in [1.807, 2.05) is 42.5 Å². The summed E-state index contributed by atoms with van der Waals surface area (Å²) in [6.45, 7) is 0. The zero-order chi connectivity index (χ0) is 17.5. The standard InChI is InChI=1S/C23H14BrNO/c24-17-8-5-7-16(14-17)23-25-20-13-12-15-6-1-2-9-18(15)22(20)19-10-3-4-11-21(19)26-23/h1-14H. The molecule has 0 aromatic heterocycles. The van der Waals surface area contributed by atoms with Crippen LogP contribution in [0, 0.1) is 0 Å². The lowest BCUT2D eigenvalue weighted by molar-refractivity contribution is 0.557. The highest BCUT2D eigenvalue weighted by Gasteiger charge is 2.20. The highest BCUT2D eigenvalue weighted by Crippen LogP contribution is 2.43. The Balaban J connectivity index is 1.84. The van der Waals surface area contributed by atoms with Crippen molar-refractivity contribution in [1.29, 1.82) is 0 Å². The number of para-hydroxylation sites is 1. The summed E-state index contributed by atoms with van der Waals surface area (Å²) in [5.74, 6) is 1.43. The molecule has 0 unspecified atom stereocenters. The highest BCUT2D eigenvalue weighted by molar-refractivity contribution is 9.10. The van der Waals surface area contributed by atoms with E-state index in [4.69, 9.17) is 9.73 Å². The van der Waals surface area contributed by atoms with Crippen molar-refractivity contribution in [3.63, 3.8) is 0 Å². The fraction of sp³-hybridized carbons (Fsp3) is 0. The highest BCUT2D eigenvalue weighted by atomic mass is 79.9. The van der Waals surface area contributed by atoms with E-state index in [1.165, 1.54) is 10.8 Å². The van der Waals surface area contributed by atoms with Gasteiger partial charge in [0.05, 0.1) is 5.69 Å². The summed E-state index contributed by atoms with van der Waals surface area (Å²) in [4.78, 5) is 4.89. The quantitative estimate of drug-likeness (QED) is 0.347. The zero-order valence-corrected chi connectivity index (χ0v) is 15.4. The van der Waals surface area contributed by atoms with Crippen LogP contribution in [0.3, 0.4) is 0 Å². The molecule has 0 radical (unpaired) electrons. The molecule has 2 nitrogen and oxygen atoms in total. The molecule has 0 saturated carbocycles. The van der Waals surface area contributed by atoms with E-state index >= 15 is 0 Å². The Morgan fingerprint density at radius 3 is 2.54 bits per heavy atom. The zero-order valence-electron chi connectivity index (χ0n) is 13.8. The predicted octanol–water partition coefficient (Wildman–Crippen LogP) is 6.74. The van der Waals surface area contributed by atoms with Crippen LogP contribution in [-0.2, 0) is 0 Å². The molecule has 5 rings (SSSR count). The van der Waals surface area contributed by atoms with Crippen molar-refractivity contribution in [2.45, 2.75) is 0 Å². The minimum absolute atomic E-state index is 0.604. The maximum absolute atomic E-state index is 6.26. The molecule has 0 spiro atoms. The van der Waals surface area contributed by atoms with Crippen molar-refractivity contribution in [2.24, 2.45) is 4.99 Å². The van der Waals surface area contributed by atoms with Crippen molar-refractivity contribution in [1.82, 2.24) is 0 Å². The first-order valence-electron chi connectivity index (χ1n) is 8.43. The minimum atomic E-state index is 0.604. The third kappa shape index (κ3) is 2.52. The summed E-state index contributed by atoms with van der Waals surface area (Å²) in [6.07, 6.45) is 0. The first-order chi connectivity index (χ1) is 12.8. The van der Waals surface area contributed by atoms with Gasteiger partial charge in [-0.25, -0.2) is 4.99 Å². The number of fused-ring (bicyclic) bond motifs is 5. The summed E-state index contributed by atoms with van der Waals surface area (Å²) in [7, 11) is 0. The molecular weight excluding hydrogens is 386 g/mol. The van der Waals surface area contributed by atoms with Gasteiger partial charge in [0.25, 0.3) is 0 Å². The number of aliphatic imine (C=N–C) groups is 1. The molecule has 4 aromatic rings. The number of halogens is 1. The van der Waals surface area contributed by atoms with Crippen molar-refractivity contribution >= 4 is 38.3 Å². The molecule has 124 valence electrons. The van der Waals surface area contributed by atoms with Crippen LogP contribution in [0.5, 0.6) is 5.75 Å². The molecule has 26 heavy (non-hydrogen) atoms. The lowest BCUT2D eigenvalue weighted by Gasteiger charge is -2.11. The van der Waals surface area contributed by atoms with Gasteiger partial charge in [-0.3, -0.25) is 0 Å². The minimum Gasteiger partial charge on any atom is -0.438 e. The molecule has 0 fully saturated rings. The van der Waals surface area contributed by atoms with Gasteiger partial charge in [-0.15, -0.1) is 0 Å². The Bertz CT molecular complexity index is 1180. The van der Waals surface area contributed by atoms with Crippen LogP contribution in [0.1, 0.15) is 5.56 Å². The van der Waals surface area contributed by atoms with Crippen LogP contribution in [0.2, 0.25) is 0 Å². The lowest BCUT2D eigenvalue weighted by Crippen LogP contribution is -2.09. The average Bonchev–Trinajstić information content (AvgIpc) is 2.85. The second kappa shape index (κ2) is 6.11. The third-order valence-corrected chi connectivity index (χ3v) is 5.06. The monoisotopic (exact) mass is 399 g/mol. The maximum Gasteiger partial charge on any atom is 0.227 e. The van der Waals surface area contributed by atoms with E-state index in [0.717, 1.165) is 32.6 Å². The average molecular weight is 400 g/mol. The molecule has 0 atom stereocenters. The topological polar surface area (TPSA) is 21.6 Å². The van der Waals surface area contributed by atoms with Gasteiger partial charge >= 0.3 is 0 Å². The van der Waals surface area contributed by atoms with Crippen molar-refractivity contribution in [3.8, 4) is 16.9 Å². The van der Waals surface area contributed by atoms with Crippen LogP contribution in [-0.4, -0.2) is 5.90 Å². The molecule has 0 N–H and O–H groups in total. The normalized spacial score (nSPS) is 12.6. The summed E-state index contributed by atoms with van der Waals surface area (Å²) in [5, 5.41) is 2.38. The van der Waals surface area contributed by atoms with Crippen LogP contribution in [0.15, 0.2) is 94.4 Å². The van der Waals surface area contributed by atoms with Crippen molar-refractivity contribution < 1.29 is 4.74 Å². The van der Waals surface area contributed by atoms with Gasteiger partial charge in [0, 0.05) is 21.2 Å². The van der Waals surface area contributed by atoms with Crippen molar-refractivity contribution in [2.75, 3.05) is 0 Å². The van der Waals surface area contributed by atoms with E-state index < -0.39 is 0 Å². The number of ether oxygens (including phenoxy) is 1. The van der Waals surface area contributed by atoms with Crippen LogP contribution < -0.4 is 4.74 Å². The Morgan fingerprint density at radius 1 is 0.769 bits per heavy atom. The Morgan fingerprint density at radius 2 is 1.62 bits per heavy atom. The predicted molar refractivity (Wildman–Crippen MR) is 110 cm³/mol. The van der Waals surface area contributed by atoms with E-state index in [1.54, 1.807) is 0 Å². The number of rotatable bonds is 1. The summed E-state index contributed by atoms with van der Waals surface area (Å²) in [5.41, 5.74) is 4.04. The Labute approximate surface area is 159 Å². The van der Waals surface area contributed by atoms with Gasteiger partial charge in [-0.1, -0.05) is 70.5 Å². The second-order valence-electron chi connectivity index (χ2n) is 6.21. The first kappa shape index (κ1) is 15.4. The van der Waals surface area contributed by atoms with E-state index in [-0.39, 0.29) is 0 Å². The summed E-state index contributed by atoms with van der Waals surface area (Å²) < 4.78 is 7.26. The SMILES string of the molecule is Brc1cccc(C2=Nc3ccc4ccccc4c3-c3ccccc3O2)c1. The van der Waals surface area contributed by atoms with E-state index in [9.17, 15) is 0 Å². The summed E-state index contributed by atoms with van der Waals surface area (Å²) in [6, 6.07) is 28.7. The molecule has 1 heterocycles. The molecule has 4 aromatic carbocycles. The van der Waals surface area contributed by atoms with Gasteiger partial charge in [0.1, 0.15) is 5.75 Å². The smallest absolute Gasteiger partial charge is 0.227 e. The maximum atomic E-state index is 6.26. The Kier molecular flexibility index (Phi) is 3.61. The lowest BCUT2D eigenvalue weighted by atomic mass is 9.96. The fourth-order valence-corrected chi connectivity index (χ4v) is 3.78. The second-order valence-corrected chi connectivity index (χ2v) is 7.12. The van der Waals surface area contributed by atoms with Gasteiger partial charge in [0.15, 0.2) is 0 Å². The van der Waals surface area contributed by atoms with E-state index in [2.05, 4.69) is 58.4 Å². The molecule has 3 heteroatoms.